The summed E-state index contributed by atoms with van der Waals surface area (Å²) in [5, 5.41) is 13.1. The molecule has 6 heteroatoms. The maximum atomic E-state index is 9.95. The maximum Gasteiger partial charge on any atom is 0.122 e. The molecule has 0 saturated heterocycles. The van der Waals surface area contributed by atoms with E-state index in [1.807, 2.05) is 30.3 Å². The quantitative estimate of drug-likeness (QED) is 0.323. The SMILES string of the molecule is C=CCc1ccccc1OC[C@@H](O)CNCCOCCOCCN. The van der Waals surface area contributed by atoms with Crippen LogP contribution in [0.15, 0.2) is 36.9 Å². The minimum Gasteiger partial charge on any atom is -0.491 e. The summed E-state index contributed by atoms with van der Waals surface area (Å²) >= 11 is 0. The predicted octanol–water partition coefficient (Wildman–Crippen LogP) is 0.736. The lowest BCUT2D eigenvalue weighted by atomic mass is 10.1. The first-order valence-corrected chi connectivity index (χ1v) is 8.33. The third-order valence-electron chi connectivity index (χ3n) is 3.21. The lowest BCUT2D eigenvalue weighted by Crippen LogP contribution is -2.33. The molecule has 0 aliphatic rings. The molecule has 1 rings (SSSR count). The first kappa shape index (κ1) is 20.6. The zero-order valence-corrected chi connectivity index (χ0v) is 14.3. The Morgan fingerprint density at radius 2 is 1.92 bits per heavy atom. The fourth-order valence-corrected chi connectivity index (χ4v) is 2.03. The van der Waals surface area contributed by atoms with Crippen molar-refractivity contribution in [2.24, 2.45) is 5.73 Å². The van der Waals surface area contributed by atoms with E-state index in [2.05, 4.69) is 11.9 Å². The summed E-state index contributed by atoms with van der Waals surface area (Å²) in [5.41, 5.74) is 6.38. The van der Waals surface area contributed by atoms with Crippen molar-refractivity contribution in [1.82, 2.24) is 5.32 Å². The number of nitrogens with one attached hydrogen (secondary N) is 1. The van der Waals surface area contributed by atoms with Crippen LogP contribution in [0.1, 0.15) is 5.56 Å². The van der Waals surface area contributed by atoms with Crippen molar-refractivity contribution in [3.8, 4) is 5.75 Å². The van der Waals surface area contributed by atoms with Gasteiger partial charge in [0.25, 0.3) is 0 Å². The Morgan fingerprint density at radius 3 is 2.67 bits per heavy atom. The molecule has 4 N–H and O–H groups in total. The van der Waals surface area contributed by atoms with E-state index in [9.17, 15) is 5.11 Å². The predicted molar refractivity (Wildman–Crippen MR) is 95.4 cm³/mol. The van der Waals surface area contributed by atoms with Gasteiger partial charge in [-0.25, -0.2) is 0 Å². The molecule has 1 aromatic rings. The number of allylic oxidation sites excluding steroid dienone is 1. The van der Waals surface area contributed by atoms with E-state index in [4.69, 9.17) is 19.9 Å². The maximum absolute atomic E-state index is 9.95. The second kappa shape index (κ2) is 13.9. The Balaban J connectivity index is 2.06. The molecule has 0 heterocycles. The van der Waals surface area contributed by atoms with E-state index >= 15 is 0 Å². The van der Waals surface area contributed by atoms with Crippen LogP contribution in [-0.2, 0) is 15.9 Å². The number of benzene rings is 1. The van der Waals surface area contributed by atoms with Crippen LogP contribution in [0.25, 0.3) is 0 Å². The Bertz CT molecular complexity index is 443. The summed E-state index contributed by atoms with van der Waals surface area (Å²) in [6.07, 6.45) is 2.01. The zero-order valence-electron chi connectivity index (χ0n) is 14.3. The highest BCUT2D eigenvalue weighted by molar-refractivity contribution is 5.34. The third kappa shape index (κ3) is 9.64. The molecule has 0 amide bonds. The smallest absolute Gasteiger partial charge is 0.122 e. The Morgan fingerprint density at radius 1 is 1.17 bits per heavy atom. The number of ether oxygens (including phenoxy) is 3. The van der Waals surface area contributed by atoms with Gasteiger partial charge in [0.2, 0.25) is 0 Å². The third-order valence-corrected chi connectivity index (χ3v) is 3.21. The number of hydrogen-bond acceptors (Lipinski definition) is 6. The first-order chi connectivity index (χ1) is 11.8. The number of aliphatic hydroxyl groups is 1. The van der Waals surface area contributed by atoms with Crippen molar-refractivity contribution in [2.75, 3.05) is 52.7 Å². The fraction of sp³-hybridized carbons (Fsp3) is 0.556. The molecule has 24 heavy (non-hydrogen) atoms. The van der Waals surface area contributed by atoms with Gasteiger partial charge in [0.1, 0.15) is 18.5 Å². The van der Waals surface area contributed by atoms with Crippen LogP contribution in [0.3, 0.4) is 0 Å². The molecule has 1 atom stereocenters. The Hall–Kier alpha value is -1.44. The van der Waals surface area contributed by atoms with Gasteiger partial charge in [-0.15, -0.1) is 6.58 Å². The van der Waals surface area contributed by atoms with Gasteiger partial charge in [0.05, 0.1) is 26.4 Å². The first-order valence-electron chi connectivity index (χ1n) is 8.33. The van der Waals surface area contributed by atoms with Crippen molar-refractivity contribution < 1.29 is 19.3 Å². The Kier molecular flexibility index (Phi) is 12.0. The summed E-state index contributed by atoms with van der Waals surface area (Å²) in [4.78, 5) is 0. The van der Waals surface area contributed by atoms with E-state index in [0.717, 1.165) is 17.7 Å². The average Bonchev–Trinajstić information content (AvgIpc) is 2.60. The molecule has 0 spiro atoms. The lowest BCUT2D eigenvalue weighted by molar-refractivity contribution is 0.0498. The van der Waals surface area contributed by atoms with Gasteiger partial charge < -0.3 is 30.4 Å². The van der Waals surface area contributed by atoms with Gasteiger partial charge in [0, 0.05) is 19.6 Å². The second-order valence-electron chi connectivity index (χ2n) is 5.28. The monoisotopic (exact) mass is 338 g/mol. The summed E-state index contributed by atoms with van der Waals surface area (Å²) in [7, 11) is 0. The van der Waals surface area contributed by atoms with Crippen LogP contribution in [0.2, 0.25) is 0 Å². The number of para-hydroxylation sites is 1. The van der Waals surface area contributed by atoms with E-state index in [0.29, 0.717) is 46.1 Å². The molecule has 136 valence electrons. The summed E-state index contributed by atoms with van der Waals surface area (Å²) < 4.78 is 16.3. The topological polar surface area (TPSA) is 86.0 Å². The molecular weight excluding hydrogens is 308 g/mol. The van der Waals surface area contributed by atoms with Gasteiger partial charge in [-0.05, 0) is 18.1 Å². The fourth-order valence-electron chi connectivity index (χ4n) is 2.03. The normalized spacial score (nSPS) is 12.1. The molecule has 0 aliphatic carbocycles. The lowest BCUT2D eigenvalue weighted by Gasteiger charge is -2.15. The van der Waals surface area contributed by atoms with E-state index < -0.39 is 6.10 Å². The standard InChI is InChI=1S/C18H30N2O4/c1-2-5-16-6-3-4-7-18(16)24-15-17(21)14-20-9-11-23-13-12-22-10-8-19/h2-4,6-7,17,20-21H,1,5,8-15,19H2/t17-/m0/s1. The zero-order chi connectivity index (χ0) is 17.5. The molecule has 1 aromatic carbocycles. The average molecular weight is 338 g/mol. The molecule has 0 aromatic heterocycles. The van der Waals surface area contributed by atoms with Crippen molar-refractivity contribution in [3.63, 3.8) is 0 Å². The van der Waals surface area contributed by atoms with Crippen molar-refractivity contribution >= 4 is 0 Å². The number of aliphatic hydroxyl groups excluding tert-OH is 1. The second-order valence-corrected chi connectivity index (χ2v) is 5.28. The minimum absolute atomic E-state index is 0.245. The summed E-state index contributed by atoms with van der Waals surface area (Å²) in [6.45, 7) is 7.87. The minimum atomic E-state index is -0.574. The van der Waals surface area contributed by atoms with Crippen LogP contribution in [0.5, 0.6) is 5.75 Å². The molecule has 0 radical (unpaired) electrons. The number of hydrogen-bond donors (Lipinski definition) is 3. The van der Waals surface area contributed by atoms with Crippen LogP contribution >= 0.6 is 0 Å². The van der Waals surface area contributed by atoms with Gasteiger partial charge in [-0.3, -0.25) is 0 Å². The highest BCUT2D eigenvalue weighted by Crippen LogP contribution is 2.18. The molecule has 0 fully saturated rings. The largest absolute Gasteiger partial charge is 0.491 e. The van der Waals surface area contributed by atoms with Crippen molar-refractivity contribution in [2.45, 2.75) is 12.5 Å². The van der Waals surface area contributed by atoms with Crippen LogP contribution in [0, 0.1) is 0 Å². The molecule has 6 nitrogen and oxygen atoms in total. The van der Waals surface area contributed by atoms with Crippen molar-refractivity contribution in [1.29, 1.82) is 0 Å². The van der Waals surface area contributed by atoms with Crippen LogP contribution < -0.4 is 15.8 Å². The van der Waals surface area contributed by atoms with Gasteiger partial charge >= 0.3 is 0 Å². The summed E-state index contributed by atoms with van der Waals surface area (Å²) in [5.74, 6) is 0.789. The molecule has 0 aliphatic heterocycles. The number of nitrogens with two attached hydrogens (primary N) is 1. The van der Waals surface area contributed by atoms with E-state index in [-0.39, 0.29) is 6.61 Å². The molecular formula is C18H30N2O4. The Labute approximate surface area is 144 Å². The molecule has 0 saturated carbocycles. The van der Waals surface area contributed by atoms with Gasteiger partial charge in [-0.1, -0.05) is 24.3 Å². The van der Waals surface area contributed by atoms with Gasteiger partial charge in [0.15, 0.2) is 0 Å². The highest BCUT2D eigenvalue weighted by Gasteiger charge is 2.07. The van der Waals surface area contributed by atoms with Crippen molar-refractivity contribution in [3.05, 3.63) is 42.5 Å². The molecule has 0 unspecified atom stereocenters. The molecule has 0 bridgehead atoms. The van der Waals surface area contributed by atoms with E-state index in [1.165, 1.54) is 0 Å². The van der Waals surface area contributed by atoms with Gasteiger partial charge in [-0.2, -0.15) is 0 Å². The van der Waals surface area contributed by atoms with Crippen LogP contribution in [0.4, 0.5) is 0 Å². The highest BCUT2D eigenvalue weighted by atomic mass is 16.5. The van der Waals surface area contributed by atoms with E-state index in [1.54, 1.807) is 0 Å². The van der Waals surface area contributed by atoms with Crippen LogP contribution in [-0.4, -0.2) is 63.9 Å². The number of rotatable bonds is 15. The summed E-state index contributed by atoms with van der Waals surface area (Å²) in [6, 6.07) is 7.78.